The molecule has 2 aliphatic rings. The number of hydrogen-bond donors (Lipinski definition) is 4. The van der Waals surface area contributed by atoms with Crippen LogP contribution in [0.5, 0.6) is 0 Å². The molecule has 0 unspecified atom stereocenters. The highest BCUT2D eigenvalue weighted by molar-refractivity contribution is 5.99. The molecule has 12 heteroatoms. The maximum atomic E-state index is 13.8. The molecule has 37 heavy (non-hydrogen) atoms. The molecule has 0 radical (unpaired) electrons. The van der Waals surface area contributed by atoms with Gasteiger partial charge < -0.3 is 20.7 Å². The molecule has 0 saturated carbocycles. The van der Waals surface area contributed by atoms with E-state index in [0.29, 0.717) is 12.1 Å². The summed E-state index contributed by atoms with van der Waals surface area (Å²) < 4.78 is 21.1. The number of hydrogen-bond acceptors (Lipinski definition) is 8. The number of halogens is 1. The van der Waals surface area contributed by atoms with E-state index in [1.54, 1.807) is 12.1 Å². The highest BCUT2D eigenvalue weighted by atomic mass is 19.1. The molecule has 5 N–H and O–H groups in total. The number of nitrogens with two attached hydrogens (primary N) is 1. The number of benzene rings is 2. The van der Waals surface area contributed by atoms with Crippen molar-refractivity contribution in [2.75, 3.05) is 17.2 Å². The zero-order chi connectivity index (χ0) is 26.0. The standard InChI is InChI=1S/C25H23FN6O5/c1-11(34)31(15-3-5-17-13(8-15)6-12-7-14(26)2-4-16(12)17)25-28-21-22(29-24(27)30-23(21)36)32(25)20-9-18(35)19(10-33)37-20/h2-5,7-8,18-20,33,35H,6,9-10H2,1H3,(H3,27,29,30,36)/t18-,19+,20+/m0/s1. The number of aliphatic hydroxyl groups is 2. The van der Waals surface area contributed by atoms with Gasteiger partial charge in [0, 0.05) is 13.3 Å². The zero-order valence-corrected chi connectivity index (χ0v) is 19.7. The van der Waals surface area contributed by atoms with Crippen molar-refractivity contribution in [3.8, 4) is 11.1 Å². The van der Waals surface area contributed by atoms with E-state index >= 15 is 0 Å². The van der Waals surface area contributed by atoms with Gasteiger partial charge in [0.1, 0.15) is 18.1 Å². The number of H-pyrrole nitrogens is 1. The van der Waals surface area contributed by atoms with Gasteiger partial charge in [-0.25, -0.2) is 9.37 Å². The van der Waals surface area contributed by atoms with E-state index in [2.05, 4.69) is 15.0 Å². The molecule has 0 bridgehead atoms. The van der Waals surface area contributed by atoms with Crippen LogP contribution in [0, 0.1) is 5.82 Å². The molecule has 3 heterocycles. The molecule has 3 atom stereocenters. The molecule has 0 spiro atoms. The number of nitrogens with one attached hydrogen (secondary N) is 1. The third-order valence-corrected chi connectivity index (χ3v) is 6.82. The van der Waals surface area contributed by atoms with Gasteiger partial charge in [0.25, 0.3) is 5.56 Å². The van der Waals surface area contributed by atoms with E-state index in [0.717, 1.165) is 22.3 Å². The average Bonchev–Trinajstić information content (AvgIpc) is 3.50. The second-order valence-electron chi connectivity index (χ2n) is 9.19. The minimum atomic E-state index is -0.982. The van der Waals surface area contributed by atoms with Gasteiger partial charge in [0.05, 0.1) is 18.4 Å². The average molecular weight is 506 g/mol. The van der Waals surface area contributed by atoms with E-state index in [4.69, 9.17) is 10.5 Å². The number of carbonyl (C=O) groups excluding carboxylic acids is 1. The number of aliphatic hydroxyl groups excluding tert-OH is 2. The van der Waals surface area contributed by atoms with Crippen molar-refractivity contribution >= 4 is 34.7 Å². The molecule has 2 aromatic carbocycles. The third-order valence-electron chi connectivity index (χ3n) is 6.82. The van der Waals surface area contributed by atoms with Crippen molar-refractivity contribution in [1.82, 2.24) is 19.5 Å². The second kappa shape index (κ2) is 8.47. The van der Waals surface area contributed by atoms with Gasteiger partial charge in [-0.2, -0.15) is 4.98 Å². The first-order valence-electron chi connectivity index (χ1n) is 11.7. The maximum Gasteiger partial charge on any atom is 0.280 e. The van der Waals surface area contributed by atoms with E-state index in [-0.39, 0.29) is 35.3 Å². The Morgan fingerprint density at radius 2 is 1.97 bits per heavy atom. The molecule has 1 aliphatic carbocycles. The first-order valence-corrected chi connectivity index (χ1v) is 11.7. The summed E-state index contributed by atoms with van der Waals surface area (Å²) in [5.41, 5.74) is 9.30. The van der Waals surface area contributed by atoms with Crippen LogP contribution in [0.4, 0.5) is 22.0 Å². The van der Waals surface area contributed by atoms with Crippen LogP contribution in [0.25, 0.3) is 22.3 Å². The van der Waals surface area contributed by atoms with Crippen LogP contribution < -0.4 is 16.2 Å². The number of rotatable bonds is 4. The predicted octanol–water partition coefficient (Wildman–Crippen LogP) is 1.74. The van der Waals surface area contributed by atoms with Crippen molar-refractivity contribution in [2.24, 2.45) is 0 Å². The smallest absolute Gasteiger partial charge is 0.280 e. The molecule has 6 rings (SSSR count). The van der Waals surface area contributed by atoms with Crippen molar-refractivity contribution in [3.63, 3.8) is 0 Å². The van der Waals surface area contributed by atoms with Crippen LogP contribution >= 0.6 is 0 Å². The van der Waals surface area contributed by atoms with E-state index < -0.39 is 36.5 Å². The highest BCUT2D eigenvalue weighted by Crippen LogP contribution is 2.41. The van der Waals surface area contributed by atoms with Crippen LogP contribution in [0.2, 0.25) is 0 Å². The Labute approximate surface area is 209 Å². The molecule has 2 aromatic heterocycles. The lowest BCUT2D eigenvalue weighted by molar-refractivity contribution is -0.116. The number of aromatic amines is 1. The minimum Gasteiger partial charge on any atom is -0.394 e. The van der Waals surface area contributed by atoms with Gasteiger partial charge in [0.15, 0.2) is 11.2 Å². The number of nitrogens with zero attached hydrogens (tertiary/aromatic N) is 4. The lowest BCUT2D eigenvalue weighted by Gasteiger charge is -2.24. The Bertz CT molecular complexity index is 1630. The fraction of sp³-hybridized carbons (Fsp3) is 0.280. The monoisotopic (exact) mass is 506 g/mol. The number of carbonyl (C=O) groups is 1. The third kappa shape index (κ3) is 3.68. The molecular weight excluding hydrogens is 483 g/mol. The van der Waals surface area contributed by atoms with E-state index in [1.165, 1.54) is 28.5 Å². The number of aromatic nitrogens is 4. The number of ether oxygens (including phenoxy) is 1. The fourth-order valence-electron chi connectivity index (χ4n) is 5.19. The Kier molecular flexibility index (Phi) is 5.33. The van der Waals surface area contributed by atoms with E-state index in [9.17, 15) is 24.2 Å². The summed E-state index contributed by atoms with van der Waals surface area (Å²) in [5, 5.41) is 20.0. The first kappa shape index (κ1) is 23.3. The number of nitrogen functional groups attached to an aromatic ring is 1. The quantitative estimate of drug-likeness (QED) is 0.287. The summed E-state index contributed by atoms with van der Waals surface area (Å²) in [6.07, 6.45) is -2.17. The zero-order valence-electron chi connectivity index (χ0n) is 19.7. The van der Waals surface area contributed by atoms with Gasteiger partial charge in [-0.05, 0) is 52.9 Å². The Hall–Kier alpha value is -4.13. The van der Waals surface area contributed by atoms with Crippen LogP contribution in [-0.2, 0) is 16.0 Å². The fourth-order valence-corrected chi connectivity index (χ4v) is 5.19. The van der Waals surface area contributed by atoms with Gasteiger partial charge in [0.2, 0.25) is 17.8 Å². The minimum absolute atomic E-state index is 0.0448. The molecule has 11 nitrogen and oxygen atoms in total. The normalized spacial score (nSPS) is 20.3. The van der Waals surface area contributed by atoms with Crippen LogP contribution in [-0.4, -0.2) is 54.5 Å². The molecule has 190 valence electrons. The Morgan fingerprint density at radius 1 is 1.24 bits per heavy atom. The lowest BCUT2D eigenvalue weighted by Crippen LogP contribution is -2.28. The molecular formula is C25H23FN6O5. The summed E-state index contributed by atoms with van der Waals surface area (Å²) >= 11 is 0. The van der Waals surface area contributed by atoms with Crippen molar-refractivity contribution in [2.45, 2.75) is 38.2 Å². The lowest BCUT2D eigenvalue weighted by atomic mass is 10.1. The number of amides is 1. The molecule has 1 fully saturated rings. The first-order chi connectivity index (χ1) is 17.7. The Balaban J connectivity index is 1.52. The molecule has 1 amide bonds. The summed E-state index contributed by atoms with van der Waals surface area (Å²) in [4.78, 5) is 38.1. The van der Waals surface area contributed by atoms with Gasteiger partial charge in [-0.3, -0.25) is 24.0 Å². The summed E-state index contributed by atoms with van der Waals surface area (Å²) in [6, 6.07) is 10.1. The number of fused-ring (bicyclic) bond motifs is 4. The summed E-state index contributed by atoms with van der Waals surface area (Å²) in [6.45, 7) is 0.937. The van der Waals surface area contributed by atoms with Crippen molar-refractivity contribution < 1.29 is 24.1 Å². The second-order valence-corrected chi connectivity index (χ2v) is 9.19. The van der Waals surface area contributed by atoms with Gasteiger partial charge in [-0.1, -0.05) is 12.1 Å². The highest BCUT2D eigenvalue weighted by Gasteiger charge is 2.38. The maximum absolute atomic E-state index is 13.8. The van der Waals surface area contributed by atoms with Gasteiger partial charge >= 0.3 is 0 Å². The number of anilines is 3. The molecule has 1 aliphatic heterocycles. The summed E-state index contributed by atoms with van der Waals surface area (Å²) in [5.74, 6) is -0.828. The topological polar surface area (TPSA) is 160 Å². The van der Waals surface area contributed by atoms with Crippen LogP contribution in [0.3, 0.4) is 0 Å². The summed E-state index contributed by atoms with van der Waals surface area (Å²) in [7, 11) is 0. The van der Waals surface area contributed by atoms with Crippen LogP contribution in [0.15, 0.2) is 41.2 Å². The largest absolute Gasteiger partial charge is 0.394 e. The molecule has 4 aromatic rings. The van der Waals surface area contributed by atoms with E-state index in [1.807, 2.05) is 12.1 Å². The van der Waals surface area contributed by atoms with Gasteiger partial charge in [-0.15, -0.1) is 0 Å². The number of imidazole rings is 1. The van der Waals surface area contributed by atoms with Crippen molar-refractivity contribution in [1.29, 1.82) is 0 Å². The SMILES string of the molecule is CC(=O)N(c1ccc2c(c1)Cc1cc(F)ccc1-2)c1nc2c(=O)[nH]c(N)nc2n1[C@H]1C[C@H](O)[C@@H](CO)O1. The Morgan fingerprint density at radius 3 is 2.68 bits per heavy atom. The van der Waals surface area contributed by atoms with Crippen LogP contribution in [0.1, 0.15) is 30.7 Å². The molecule has 1 saturated heterocycles. The predicted molar refractivity (Wildman–Crippen MR) is 132 cm³/mol. The van der Waals surface area contributed by atoms with Crippen molar-refractivity contribution in [3.05, 3.63) is 63.7 Å².